The Morgan fingerprint density at radius 1 is 1.38 bits per heavy atom. The summed E-state index contributed by atoms with van der Waals surface area (Å²) in [5, 5.41) is 4.27. The number of hydrogen-bond acceptors (Lipinski definition) is 4. The number of ether oxygens (including phenoxy) is 2. The summed E-state index contributed by atoms with van der Waals surface area (Å²) in [4.78, 5) is 0. The highest BCUT2D eigenvalue weighted by Gasteiger charge is 2.38. The fraction of sp³-hybridized carbons (Fsp3) is 0.625. The third kappa shape index (κ3) is 3.61. The van der Waals surface area contributed by atoms with Crippen molar-refractivity contribution in [1.29, 1.82) is 0 Å². The van der Waals surface area contributed by atoms with Crippen LogP contribution in [0.15, 0.2) is 18.2 Å². The summed E-state index contributed by atoms with van der Waals surface area (Å²) in [5.41, 5.74) is 1.17. The van der Waals surface area contributed by atoms with E-state index < -0.39 is 0 Å². The van der Waals surface area contributed by atoms with Gasteiger partial charge in [-0.2, -0.15) is 11.8 Å². The van der Waals surface area contributed by atoms with E-state index in [9.17, 15) is 0 Å². The first kappa shape index (κ1) is 15.3. The van der Waals surface area contributed by atoms with Gasteiger partial charge in [-0.05, 0) is 55.4 Å². The lowest BCUT2D eigenvalue weighted by Crippen LogP contribution is -2.46. The van der Waals surface area contributed by atoms with E-state index in [1.165, 1.54) is 24.3 Å². The normalized spacial score (nSPS) is 24.8. The molecule has 3 rings (SSSR count). The van der Waals surface area contributed by atoms with Crippen molar-refractivity contribution in [1.82, 2.24) is 0 Å². The Morgan fingerprint density at radius 3 is 2.90 bits per heavy atom. The molecule has 2 aliphatic rings. The van der Waals surface area contributed by atoms with Gasteiger partial charge in [-0.3, -0.25) is 0 Å². The molecule has 0 amide bonds. The first-order valence-corrected chi connectivity index (χ1v) is 9.06. The van der Waals surface area contributed by atoms with Crippen LogP contribution in [0.3, 0.4) is 0 Å². The number of thioether (sulfide) groups is 1. The molecule has 2 heterocycles. The number of benzene rings is 1. The molecule has 116 valence electrons. The summed E-state index contributed by atoms with van der Waals surface area (Å²) in [5.74, 6) is 3.16. The van der Waals surface area contributed by atoms with Crippen LogP contribution in [0.1, 0.15) is 25.7 Å². The highest BCUT2D eigenvalue weighted by Crippen LogP contribution is 2.38. The van der Waals surface area contributed by atoms with Crippen LogP contribution in [0.5, 0.6) is 5.75 Å². The summed E-state index contributed by atoms with van der Waals surface area (Å²) in [7, 11) is 1.64. The minimum Gasteiger partial charge on any atom is -0.495 e. The third-order valence-corrected chi connectivity index (χ3v) is 5.70. The van der Waals surface area contributed by atoms with Gasteiger partial charge >= 0.3 is 0 Å². The van der Waals surface area contributed by atoms with Gasteiger partial charge in [0.1, 0.15) is 5.75 Å². The van der Waals surface area contributed by atoms with Gasteiger partial charge in [0.05, 0.1) is 17.7 Å². The largest absolute Gasteiger partial charge is 0.495 e. The van der Waals surface area contributed by atoms with Gasteiger partial charge in [-0.1, -0.05) is 11.6 Å². The van der Waals surface area contributed by atoms with E-state index in [1.54, 1.807) is 7.11 Å². The quantitative estimate of drug-likeness (QED) is 0.901. The second-order valence-corrected chi connectivity index (χ2v) is 7.46. The Kier molecular flexibility index (Phi) is 4.87. The summed E-state index contributed by atoms with van der Waals surface area (Å²) in [6.07, 6.45) is 4.51. The molecule has 0 aliphatic carbocycles. The maximum absolute atomic E-state index is 6.20. The highest BCUT2D eigenvalue weighted by atomic mass is 35.5. The fourth-order valence-corrected chi connectivity index (χ4v) is 4.73. The van der Waals surface area contributed by atoms with Crippen molar-refractivity contribution in [2.24, 2.45) is 0 Å². The van der Waals surface area contributed by atoms with Crippen LogP contribution in [0.25, 0.3) is 0 Å². The maximum atomic E-state index is 6.20. The van der Waals surface area contributed by atoms with E-state index in [-0.39, 0.29) is 5.60 Å². The molecule has 0 aromatic heterocycles. The number of halogens is 1. The van der Waals surface area contributed by atoms with Crippen molar-refractivity contribution in [3.8, 4) is 5.75 Å². The molecule has 0 bridgehead atoms. The highest BCUT2D eigenvalue weighted by molar-refractivity contribution is 7.99. The predicted molar refractivity (Wildman–Crippen MR) is 89.9 cm³/mol. The van der Waals surface area contributed by atoms with E-state index in [0.29, 0.717) is 11.1 Å². The number of rotatable bonds is 3. The number of nitrogens with one attached hydrogen (secondary N) is 1. The van der Waals surface area contributed by atoms with Crippen molar-refractivity contribution < 1.29 is 9.47 Å². The van der Waals surface area contributed by atoms with Gasteiger partial charge in [-0.15, -0.1) is 0 Å². The molecular formula is C16H22ClNO2S. The Hall–Kier alpha value is -0.580. The Bertz CT molecular complexity index is 486. The second kappa shape index (κ2) is 6.67. The molecule has 5 heteroatoms. The lowest BCUT2D eigenvalue weighted by molar-refractivity contribution is -0.0865. The summed E-state index contributed by atoms with van der Waals surface area (Å²) in [6, 6.07) is 6.35. The van der Waals surface area contributed by atoms with Crippen LogP contribution in [-0.4, -0.2) is 36.9 Å². The summed E-state index contributed by atoms with van der Waals surface area (Å²) < 4.78 is 11.3. The van der Waals surface area contributed by atoms with Gasteiger partial charge in [0.2, 0.25) is 0 Å². The van der Waals surface area contributed by atoms with Crippen molar-refractivity contribution in [2.45, 2.75) is 37.3 Å². The van der Waals surface area contributed by atoms with E-state index in [4.69, 9.17) is 21.1 Å². The van der Waals surface area contributed by atoms with Crippen LogP contribution in [-0.2, 0) is 4.74 Å². The van der Waals surface area contributed by atoms with E-state index in [1.807, 2.05) is 30.0 Å². The Balaban J connectivity index is 1.65. The summed E-state index contributed by atoms with van der Waals surface area (Å²) >= 11 is 8.24. The first-order valence-electron chi connectivity index (χ1n) is 7.53. The zero-order valence-electron chi connectivity index (χ0n) is 12.4. The van der Waals surface area contributed by atoms with Crippen molar-refractivity contribution in [2.75, 3.05) is 30.5 Å². The molecule has 2 saturated heterocycles. The molecule has 2 aliphatic heterocycles. The van der Waals surface area contributed by atoms with Crippen LogP contribution in [0.4, 0.5) is 5.69 Å². The molecule has 1 unspecified atom stereocenters. The first-order chi connectivity index (χ1) is 10.2. The molecule has 2 fully saturated rings. The standard InChI is InChI=1S/C16H22ClNO2S/c1-19-15-3-2-12(10-14(15)17)18-13-4-7-20-16(11-13)5-8-21-9-6-16/h2-3,10,13,18H,4-9,11H2,1H3. The molecule has 1 aromatic rings. The van der Waals surface area contributed by atoms with Gasteiger partial charge in [0, 0.05) is 18.3 Å². The molecule has 0 saturated carbocycles. The van der Waals surface area contributed by atoms with Gasteiger partial charge in [-0.25, -0.2) is 0 Å². The SMILES string of the molecule is COc1ccc(NC2CCOC3(CCSCC3)C2)cc1Cl. The molecule has 3 nitrogen and oxygen atoms in total. The zero-order valence-corrected chi connectivity index (χ0v) is 13.9. The van der Waals surface area contributed by atoms with Gasteiger partial charge in [0.25, 0.3) is 0 Å². The molecule has 1 atom stereocenters. The smallest absolute Gasteiger partial charge is 0.137 e. The predicted octanol–water partition coefficient (Wildman–Crippen LogP) is 4.21. The Labute approximate surface area is 135 Å². The molecular weight excluding hydrogens is 306 g/mol. The molecule has 21 heavy (non-hydrogen) atoms. The lowest BCUT2D eigenvalue weighted by atomic mass is 9.85. The monoisotopic (exact) mass is 327 g/mol. The van der Waals surface area contributed by atoms with Gasteiger partial charge < -0.3 is 14.8 Å². The van der Waals surface area contributed by atoms with Crippen LogP contribution < -0.4 is 10.1 Å². The van der Waals surface area contributed by atoms with E-state index in [0.717, 1.165) is 30.9 Å². The molecule has 0 radical (unpaired) electrons. The van der Waals surface area contributed by atoms with Crippen molar-refractivity contribution in [3.05, 3.63) is 23.2 Å². The van der Waals surface area contributed by atoms with Crippen LogP contribution in [0, 0.1) is 0 Å². The Morgan fingerprint density at radius 2 is 2.19 bits per heavy atom. The fourth-order valence-electron chi connectivity index (χ4n) is 3.23. The average molecular weight is 328 g/mol. The van der Waals surface area contributed by atoms with Crippen molar-refractivity contribution >= 4 is 29.1 Å². The van der Waals surface area contributed by atoms with E-state index >= 15 is 0 Å². The molecule has 1 N–H and O–H groups in total. The lowest BCUT2D eigenvalue weighted by Gasteiger charge is -2.43. The summed E-state index contributed by atoms with van der Waals surface area (Å²) in [6.45, 7) is 0.853. The topological polar surface area (TPSA) is 30.5 Å². The molecule has 1 aromatic carbocycles. The van der Waals surface area contributed by atoms with Crippen LogP contribution in [0.2, 0.25) is 5.02 Å². The van der Waals surface area contributed by atoms with Crippen molar-refractivity contribution in [3.63, 3.8) is 0 Å². The average Bonchev–Trinajstić information content (AvgIpc) is 2.48. The minimum absolute atomic E-state index is 0.109. The van der Waals surface area contributed by atoms with E-state index in [2.05, 4.69) is 5.32 Å². The molecule has 1 spiro atoms. The zero-order chi connectivity index (χ0) is 14.7. The van der Waals surface area contributed by atoms with Gasteiger partial charge in [0.15, 0.2) is 0 Å². The third-order valence-electron chi connectivity index (χ3n) is 4.42. The number of methoxy groups -OCH3 is 1. The number of anilines is 1. The second-order valence-electron chi connectivity index (χ2n) is 5.83. The maximum Gasteiger partial charge on any atom is 0.137 e. The van der Waals surface area contributed by atoms with Crippen LogP contribution >= 0.6 is 23.4 Å². The minimum atomic E-state index is 0.109. The number of hydrogen-bond donors (Lipinski definition) is 1.